The molecule has 0 aliphatic carbocycles. The van der Waals surface area contributed by atoms with E-state index in [0.29, 0.717) is 16.9 Å². The van der Waals surface area contributed by atoms with Crippen molar-refractivity contribution in [3.63, 3.8) is 0 Å². The third-order valence-corrected chi connectivity index (χ3v) is 6.16. The van der Waals surface area contributed by atoms with Crippen LogP contribution < -0.4 is 14.8 Å². The number of benzene rings is 1. The topological polar surface area (TPSA) is 128 Å². The number of hydrogen-bond donors (Lipinski definition) is 2. The summed E-state index contributed by atoms with van der Waals surface area (Å²) in [5.41, 5.74) is 3.05. The van der Waals surface area contributed by atoms with Gasteiger partial charge in [-0.3, -0.25) is 9.52 Å². The SMILES string of the molecule is COc1ncc(NC(=O)c2ccn3ncnc3c2)cc1S(=O)(=O)Nc1c(C)cccc1C. The number of anilines is 2. The predicted molar refractivity (Wildman–Crippen MR) is 118 cm³/mol. The maximum Gasteiger partial charge on any atom is 0.267 e. The van der Waals surface area contributed by atoms with E-state index >= 15 is 0 Å². The molecule has 11 heteroatoms. The Balaban J connectivity index is 1.65. The molecule has 2 N–H and O–H groups in total. The average Bonchev–Trinajstić information content (AvgIpc) is 3.24. The third kappa shape index (κ3) is 4.10. The van der Waals surface area contributed by atoms with Crippen LogP contribution in [0.1, 0.15) is 21.5 Å². The van der Waals surface area contributed by atoms with Gasteiger partial charge in [0.2, 0.25) is 5.88 Å². The highest BCUT2D eigenvalue weighted by Gasteiger charge is 2.23. The van der Waals surface area contributed by atoms with Crippen LogP contribution in [0.2, 0.25) is 0 Å². The van der Waals surface area contributed by atoms with Gasteiger partial charge in [0.15, 0.2) is 10.5 Å². The number of sulfonamides is 1. The van der Waals surface area contributed by atoms with E-state index in [1.807, 2.05) is 32.0 Å². The number of hydrogen-bond acceptors (Lipinski definition) is 7. The highest BCUT2D eigenvalue weighted by Crippen LogP contribution is 2.29. The van der Waals surface area contributed by atoms with E-state index in [4.69, 9.17) is 4.74 Å². The molecule has 0 aliphatic rings. The van der Waals surface area contributed by atoms with E-state index in [2.05, 4.69) is 25.1 Å². The molecule has 0 radical (unpaired) electrons. The first-order chi connectivity index (χ1) is 15.3. The van der Waals surface area contributed by atoms with Crippen LogP contribution in [0.3, 0.4) is 0 Å². The van der Waals surface area contributed by atoms with Gasteiger partial charge in [-0.05, 0) is 43.2 Å². The molecule has 0 spiro atoms. The number of amides is 1. The number of aryl methyl sites for hydroxylation is 2. The highest BCUT2D eigenvalue weighted by molar-refractivity contribution is 7.92. The maximum absolute atomic E-state index is 13.1. The quantitative estimate of drug-likeness (QED) is 0.460. The van der Waals surface area contributed by atoms with Gasteiger partial charge in [-0.25, -0.2) is 22.9 Å². The molecular weight excluding hydrogens is 432 g/mol. The number of carbonyl (C=O) groups is 1. The summed E-state index contributed by atoms with van der Waals surface area (Å²) in [4.78, 5) is 20.6. The van der Waals surface area contributed by atoms with Gasteiger partial charge in [0.1, 0.15) is 6.33 Å². The first-order valence-electron chi connectivity index (χ1n) is 9.52. The van der Waals surface area contributed by atoms with Crippen molar-refractivity contribution in [3.05, 3.63) is 71.8 Å². The highest BCUT2D eigenvalue weighted by atomic mass is 32.2. The molecule has 0 aliphatic heterocycles. The molecule has 3 aromatic heterocycles. The number of para-hydroxylation sites is 1. The Morgan fingerprint density at radius 2 is 1.84 bits per heavy atom. The first kappa shape index (κ1) is 21.2. The fourth-order valence-electron chi connectivity index (χ4n) is 3.17. The molecule has 0 atom stereocenters. The van der Waals surface area contributed by atoms with E-state index in [0.717, 1.165) is 11.1 Å². The molecule has 0 saturated carbocycles. The Morgan fingerprint density at radius 1 is 1.09 bits per heavy atom. The minimum absolute atomic E-state index is 0.0911. The van der Waals surface area contributed by atoms with Crippen molar-refractivity contribution in [1.82, 2.24) is 19.6 Å². The minimum atomic E-state index is -4.06. The number of nitrogens with one attached hydrogen (secondary N) is 2. The Kier molecular flexibility index (Phi) is 5.49. The molecular formula is C21H20N6O4S. The summed E-state index contributed by atoms with van der Waals surface area (Å²) in [6.45, 7) is 3.62. The molecule has 4 aromatic rings. The van der Waals surface area contributed by atoms with Crippen LogP contribution >= 0.6 is 0 Å². The van der Waals surface area contributed by atoms with E-state index < -0.39 is 15.9 Å². The Hall–Kier alpha value is -3.99. The van der Waals surface area contributed by atoms with E-state index in [-0.39, 0.29) is 16.5 Å². The van der Waals surface area contributed by atoms with Gasteiger partial charge in [0, 0.05) is 11.8 Å². The molecule has 0 fully saturated rings. The number of methoxy groups -OCH3 is 1. The second-order valence-electron chi connectivity index (χ2n) is 7.04. The average molecular weight is 452 g/mol. The number of ether oxygens (including phenoxy) is 1. The molecule has 4 rings (SSSR count). The van der Waals surface area contributed by atoms with Crippen LogP contribution in [0.4, 0.5) is 11.4 Å². The van der Waals surface area contributed by atoms with Crippen LogP contribution in [0.25, 0.3) is 5.65 Å². The van der Waals surface area contributed by atoms with E-state index in [1.54, 1.807) is 18.3 Å². The smallest absolute Gasteiger partial charge is 0.267 e. The van der Waals surface area contributed by atoms with Crippen LogP contribution in [0, 0.1) is 13.8 Å². The lowest BCUT2D eigenvalue weighted by Gasteiger charge is -2.15. The van der Waals surface area contributed by atoms with Gasteiger partial charge >= 0.3 is 0 Å². The van der Waals surface area contributed by atoms with Crippen molar-refractivity contribution < 1.29 is 17.9 Å². The molecule has 3 heterocycles. The summed E-state index contributed by atoms with van der Waals surface area (Å²) in [7, 11) is -2.73. The van der Waals surface area contributed by atoms with Gasteiger partial charge in [0.05, 0.1) is 24.7 Å². The van der Waals surface area contributed by atoms with Crippen molar-refractivity contribution in [2.75, 3.05) is 17.1 Å². The second-order valence-corrected chi connectivity index (χ2v) is 8.69. The number of nitrogens with zero attached hydrogens (tertiary/aromatic N) is 4. The molecule has 1 aromatic carbocycles. The zero-order chi connectivity index (χ0) is 22.9. The number of aromatic nitrogens is 4. The summed E-state index contributed by atoms with van der Waals surface area (Å²) >= 11 is 0. The molecule has 0 bridgehead atoms. The fraction of sp³-hybridized carbons (Fsp3) is 0.143. The number of pyridine rings is 2. The standard InChI is InChI=1S/C21H20N6O4S/c1-13-5-4-6-14(2)19(13)26-32(29,30)17-10-16(11-22-21(17)31-3)25-20(28)15-7-8-27-18(9-15)23-12-24-27/h4-12,26H,1-3H3,(H,25,28). The van der Waals surface area contributed by atoms with Gasteiger partial charge in [-0.2, -0.15) is 5.10 Å². The van der Waals surface area contributed by atoms with Crippen molar-refractivity contribution >= 4 is 33.0 Å². The molecule has 1 amide bonds. The van der Waals surface area contributed by atoms with Crippen LogP contribution in [-0.4, -0.2) is 41.0 Å². The predicted octanol–water partition coefficient (Wildman–Crippen LogP) is 2.80. The fourth-order valence-corrected chi connectivity index (χ4v) is 4.52. The monoisotopic (exact) mass is 452 g/mol. The van der Waals surface area contributed by atoms with Crippen LogP contribution in [0.5, 0.6) is 5.88 Å². The van der Waals surface area contributed by atoms with E-state index in [9.17, 15) is 13.2 Å². The molecule has 0 saturated heterocycles. The summed E-state index contributed by atoms with van der Waals surface area (Å²) in [6.07, 6.45) is 4.31. The van der Waals surface area contributed by atoms with Gasteiger partial charge in [0.25, 0.3) is 15.9 Å². The van der Waals surface area contributed by atoms with Gasteiger partial charge in [-0.15, -0.1) is 0 Å². The van der Waals surface area contributed by atoms with Crippen molar-refractivity contribution in [3.8, 4) is 5.88 Å². The minimum Gasteiger partial charge on any atom is -0.480 e. The largest absolute Gasteiger partial charge is 0.480 e. The van der Waals surface area contributed by atoms with Crippen LogP contribution in [0.15, 0.2) is 60.0 Å². The Bertz CT molecular complexity index is 1410. The van der Waals surface area contributed by atoms with Crippen molar-refractivity contribution in [2.45, 2.75) is 18.7 Å². The zero-order valence-electron chi connectivity index (χ0n) is 17.5. The first-order valence-corrected chi connectivity index (χ1v) is 11.0. The molecule has 32 heavy (non-hydrogen) atoms. The van der Waals surface area contributed by atoms with Gasteiger partial charge in [-0.1, -0.05) is 18.2 Å². The van der Waals surface area contributed by atoms with Gasteiger partial charge < -0.3 is 10.1 Å². The molecule has 164 valence electrons. The molecule has 10 nitrogen and oxygen atoms in total. The Morgan fingerprint density at radius 3 is 2.56 bits per heavy atom. The lowest BCUT2D eigenvalue weighted by Crippen LogP contribution is -2.18. The molecule has 0 unspecified atom stereocenters. The second kappa shape index (κ2) is 8.27. The van der Waals surface area contributed by atoms with E-state index in [1.165, 1.54) is 30.2 Å². The number of fused-ring (bicyclic) bond motifs is 1. The van der Waals surface area contributed by atoms with Crippen molar-refractivity contribution in [1.29, 1.82) is 0 Å². The van der Waals surface area contributed by atoms with Crippen LogP contribution in [-0.2, 0) is 10.0 Å². The van der Waals surface area contributed by atoms with Crippen molar-refractivity contribution in [2.24, 2.45) is 0 Å². The lowest BCUT2D eigenvalue weighted by atomic mass is 10.1. The number of rotatable bonds is 6. The summed E-state index contributed by atoms with van der Waals surface area (Å²) in [6, 6.07) is 9.91. The Labute approximate surface area is 184 Å². The number of carbonyl (C=O) groups excluding carboxylic acids is 1. The normalized spacial score (nSPS) is 11.3. The summed E-state index contributed by atoms with van der Waals surface area (Å²) in [5, 5.41) is 6.64. The summed E-state index contributed by atoms with van der Waals surface area (Å²) in [5.74, 6) is -0.542. The zero-order valence-corrected chi connectivity index (χ0v) is 18.3. The third-order valence-electron chi connectivity index (χ3n) is 4.82. The lowest BCUT2D eigenvalue weighted by molar-refractivity contribution is 0.102. The summed E-state index contributed by atoms with van der Waals surface area (Å²) < 4.78 is 35.6. The maximum atomic E-state index is 13.1.